The first kappa shape index (κ1) is 20.2. The van der Waals surface area contributed by atoms with Crippen LogP contribution in [0.4, 0.5) is 11.4 Å². The van der Waals surface area contributed by atoms with Crippen LogP contribution in [-0.2, 0) is 9.59 Å². The maximum Gasteiger partial charge on any atom is 0.265 e. The molecule has 2 amide bonds. The first-order chi connectivity index (χ1) is 13.5. The van der Waals surface area contributed by atoms with Gasteiger partial charge in [0.15, 0.2) is 6.10 Å². The van der Waals surface area contributed by atoms with E-state index in [1.807, 2.05) is 0 Å². The summed E-state index contributed by atoms with van der Waals surface area (Å²) in [5.74, 6) is 0.744. The van der Waals surface area contributed by atoms with E-state index in [1.54, 1.807) is 55.5 Å². The minimum Gasteiger partial charge on any atom is -0.479 e. The average Bonchev–Trinajstić information content (AvgIpc) is 3.18. The third-order valence-electron chi connectivity index (χ3n) is 4.89. The SMILES string of the molecule is CC(Oc1ccccc1Cl)C(=O)Nc1ccc(NC(=O)CC2CCCC2)cc1. The van der Waals surface area contributed by atoms with Crippen molar-refractivity contribution in [3.8, 4) is 5.75 Å². The van der Waals surface area contributed by atoms with E-state index < -0.39 is 6.10 Å². The van der Waals surface area contributed by atoms with Gasteiger partial charge in [-0.15, -0.1) is 0 Å². The Balaban J connectivity index is 1.49. The molecule has 0 aliphatic heterocycles. The number of anilines is 2. The lowest BCUT2D eigenvalue weighted by Crippen LogP contribution is -2.30. The number of para-hydroxylation sites is 1. The summed E-state index contributed by atoms with van der Waals surface area (Å²) in [5.41, 5.74) is 1.36. The number of hydrogen-bond donors (Lipinski definition) is 2. The molecule has 1 fully saturated rings. The van der Waals surface area contributed by atoms with Crippen molar-refractivity contribution < 1.29 is 14.3 Å². The number of carbonyl (C=O) groups excluding carboxylic acids is 2. The van der Waals surface area contributed by atoms with Crippen LogP contribution in [-0.4, -0.2) is 17.9 Å². The summed E-state index contributed by atoms with van der Waals surface area (Å²) < 4.78 is 5.62. The molecule has 28 heavy (non-hydrogen) atoms. The zero-order valence-corrected chi connectivity index (χ0v) is 16.7. The number of amides is 2. The Kier molecular flexibility index (Phi) is 6.93. The predicted octanol–water partition coefficient (Wildman–Crippen LogP) is 5.26. The Labute approximate surface area is 170 Å². The van der Waals surface area contributed by atoms with E-state index in [2.05, 4.69) is 10.6 Å². The molecule has 0 radical (unpaired) electrons. The Morgan fingerprint density at radius 1 is 1.04 bits per heavy atom. The van der Waals surface area contributed by atoms with Crippen LogP contribution in [0.5, 0.6) is 5.75 Å². The van der Waals surface area contributed by atoms with Gasteiger partial charge in [-0.3, -0.25) is 9.59 Å². The van der Waals surface area contributed by atoms with E-state index in [1.165, 1.54) is 12.8 Å². The van der Waals surface area contributed by atoms with Gasteiger partial charge in [0.2, 0.25) is 5.91 Å². The third kappa shape index (κ3) is 5.73. The molecule has 0 spiro atoms. The zero-order chi connectivity index (χ0) is 19.9. The van der Waals surface area contributed by atoms with Crippen molar-refractivity contribution >= 4 is 34.8 Å². The van der Waals surface area contributed by atoms with Gasteiger partial charge in [0.05, 0.1) is 5.02 Å². The van der Waals surface area contributed by atoms with Crippen molar-refractivity contribution in [2.45, 2.75) is 45.1 Å². The van der Waals surface area contributed by atoms with Gasteiger partial charge in [0.1, 0.15) is 5.75 Å². The largest absolute Gasteiger partial charge is 0.479 e. The van der Waals surface area contributed by atoms with Crippen molar-refractivity contribution in [1.82, 2.24) is 0 Å². The molecule has 2 aromatic carbocycles. The fourth-order valence-corrected chi connectivity index (χ4v) is 3.53. The second-order valence-corrected chi connectivity index (χ2v) is 7.57. The number of rotatable bonds is 7. The summed E-state index contributed by atoms with van der Waals surface area (Å²) in [4.78, 5) is 24.4. The quantitative estimate of drug-likeness (QED) is 0.665. The molecule has 148 valence electrons. The fourth-order valence-electron chi connectivity index (χ4n) is 3.35. The van der Waals surface area contributed by atoms with Crippen LogP contribution in [0.2, 0.25) is 5.02 Å². The van der Waals surface area contributed by atoms with Crippen LogP contribution >= 0.6 is 11.6 Å². The molecule has 0 saturated heterocycles. The standard InChI is InChI=1S/C22H25ClN2O3/c1-15(28-20-9-5-4-8-19(20)23)22(27)25-18-12-10-17(11-13-18)24-21(26)14-16-6-2-3-7-16/h4-5,8-13,15-16H,2-3,6-7,14H2,1H3,(H,24,26)(H,25,27). The van der Waals surface area contributed by atoms with Gasteiger partial charge in [-0.1, -0.05) is 36.6 Å². The summed E-state index contributed by atoms with van der Waals surface area (Å²) in [5, 5.41) is 6.18. The van der Waals surface area contributed by atoms with Gasteiger partial charge in [-0.2, -0.15) is 0 Å². The van der Waals surface area contributed by atoms with Crippen LogP contribution in [0.15, 0.2) is 48.5 Å². The second-order valence-electron chi connectivity index (χ2n) is 7.16. The smallest absolute Gasteiger partial charge is 0.265 e. The van der Waals surface area contributed by atoms with Crippen molar-refractivity contribution in [2.75, 3.05) is 10.6 Å². The minimum absolute atomic E-state index is 0.0467. The summed E-state index contributed by atoms with van der Waals surface area (Å²) in [6.45, 7) is 1.66. The van der Waals surface area contributed by atoms with Gasteiger partial charge >= 0.3 is 0 Å². The highest BCUT2D eigenvalue weighted by atomic mass is 35.5. The fraction of sp³-hybridized carbons (Fsp3) is 0.364. The monoisotopic (exact) mass is 400 g/mol. The maximum atomic E-state index is 12.3. The van der Waals surface area contributed by atoms with E-state index >= 15 is 0 Å². The van der Waals surface area contributed by atoms with Crippen LogP contribution in [0.1, 0.15) is 39.0 Å². The molecule has 2 aromatic rings. The van der Waals surface area contributed by atoms with Crippen molar-refractivity contribution in [3.63, 3.8) is 0 Å². The first-order valence-corrected chi connectivity index (χ1v) is 10.0. The number of hydrogen-bond acceptors (Lipinski definition) is 3. The number of nitrogens with one attached hydrogen (secondary N) is 2. The molecule has 0 aromatic heterocycles. The first-order valence-electron chi connectivity index (χ1n) is 9.63. The van der Waals surface area contributed by atoms with Crippen LogP contribution in [0, 0.1) is 5.92 Å². The highest BCUT2D eigenvalue weighted by Gasteiger charge is 2.19. The molecule has 0 heterocycles. The predicted molar refractivity (Wildman–Crippen MR) is 112 cm³/mol. The van der Waals surface area contributed by atoms with E-state index in [0.717, 1.165) is 18.5 Å². The maximum absolute atomic E-state index is 12.3. The number of halogens is 1. The highest BCUT2D eigenvalue weighted by Crippen LogP contribution is 2.28. The van der Waals surface area contributed by atoms with Crippen LogP contribution < -0.4 is 15.4 Å². The van der Waals surface area contributed by atoms with E-state index in [-0.39, 0.29) is 11.8 Å². The van der Waals surface area contributed by atoms with Gasteiger partial charge in [0, 0.05) is 17.8 Å². The van der Waals surface area contributed by atoms with Gasteiger partial charge in [-0.25, -0.2) is 0 Å². The van der Waals surface area contributed by atoms with Gasteiger partial charge in [-0.05, 0) is 62.1 Å². The molecule has 2 N–H and O–H groups in total. The van der Waals surface area contributed by atoms with Gasteiger partial charge in [0.25, 0.3) is 5.91 Å². The van der Waals surface area contributed by atoms with Crippen LogP contribution in [0.25, 0.3) is 0 Å². The lowest BCUT2D eigenvalue weighted by molar-refractivity contribution is -0.122. The number of ether oxygens (including phenoxy) is 1. The molecule has 1 unspecified atom stereocenters. The van der Waals surface area contributed by atoms with Crippen molar-refractivity contribution in [3.05, 3.63) is 53.6 Å². The summed E-state index contributed by atoms with van der Waals surface area (Å²) in [6.07, 6.45) is 4.62. The van der Waals surface area contributed by atoms with Gasteiger partial charge < -0.3 is 15.4 Å². The molecule has 3 rings (SSSR count). The van der Waals surface area contributed by atoms with E-state index in [0.29, 0.717) is 28.8 Å². The van der Waals surface area contributed by atoms with Crippen molar-refractivity contribution in [1.29, 1.82) is 0 Å². The average molecular weight is 401 g/mol. The third-order valence-corrected chi connectivity index (χ3v) is 5.21. The molecule has 1 saturated carbocycles. The van der Waals surface area contributed by atoms with Crippen molar-refractivity contribution in [2.24, 2.45) is 5.92 Å². The molecule has 6 heteroatoms. The Morgan fingerprint density at radius 3 is 2.29 bits per heavy atom. The highest BCUT2D eigenvalue weighted by molar-refractivity contribution is 6.32. The summed E-state index contributed by atoms with van der Waals surface area (Å²) in [7, 11) is 0. The number of benzene rings is 2. The summed E-state index contributed by atoms with van der Waals surface area (Å²) >= 11 is 6.05. The van der Waals surface area contributed by atoms with E-state index in [9.17, 15) is 9.59 Å². The summed E-state index contributed by atoms with van der Waals surface area (Å²) in [6, 6.07) is 14.1. The lowest BCUT2D eigenvalue weighted by atomic mass is 10.0. The molecule has 1 aliphatic rings. The Morgan fingerprint density at radius 2 is 1.64 bits per heavy atom. The molecular weight excluding hydrogens is 376 g/mol. The molecule has 0 bridgehead atoms. The molecule has 1 atom stereocenters. The van der Waals surface area contributed by atoms with Crippen LogP contribution in [0.3, 0.4) is 0 Å². The molecule has 1 aliphatic carbocycles. The topological polar surface area (TPSA) is 67.4 Å². The minimum atomic E-state index is -0.703. The molecular formula is C22H25ClN2O3. The zero-order valence-electron chi connectivity index (χ0n) is 15.9. The Bertz CT molecular complexity index is 817. The Hall–Kier alpha value is -2.53. The molecule has 5 nitrogen and oxygen atoms in total. The van der Waals surface area contributed by atoms with E-state index in [4.69, 9.17) is 16.3 Å². The second kappa shape index (κ2) is 9.60. The normalized spacial score (nSPS) is 15.1. The number of carbonyl (C=O) groups is 2. The lowest BCUT2D eigenvalue weighted by Gasteiger charge is -2.16.